The van der Waals surface area contributed by atoms with Gasteiger partial charge >= 0.3 is 0 Å². The number of aromatic nitrogens is 1. The van der Waals surface area contributed by atoms with Crippen molar-refractivity contribution in [1.82, 2.24) is 4.98 Å². The third-order valence-corrected chi connectivity index (χ3v) is 5.79. The van der Waals surface area contributed by atoms with Crippen LogP contribution < -0.4 is 10.2 Å². The van der Waals surface area contributed by atoms with E-state index in [0.29, 0.717) is 5.75 Å². The van der Waals surface area contributed by atoms with Gasteiger partial charge in [0.05, 0.1) is 20.9 Å². The summed E-state index contributed by atoms with van der Waals surface area (Å²) in [6, 6.07) is 13.3. The van der Waals surface area contributed by atoms with Crippen LogP contribution >= 0.6 is 22.9 Å². The fourth-order valence-electron chi connectivity index (χ4n) is 3.11. The molecule has 1 unspecified atom stereocenters. The van der Waals surface area contributed by atoms with Gasteiger partial charge in [-0.15, -0.1) is 0 Å². The van der Waals surface area contributed by atoms with Gasteiger partial charge in [-0.3, -0.25) is 0 Å². The van der Waals surface area contributed by atoms with Gasteiger partial charge in [0.2, 0.25) is 0 Å². The first-order chi connectivity index (χ1) is 11.7. The number of piperidine rings is 1. The monoisotopic (exact) mass is 359 g/mol. The lowest BCUT2D eigenvalue weighted by molar-refractivity contribution is 0.482. The molecule has 0 spiro atoms. The van der Waals surface area contributed by atoms with Gasteiger partial charge in [-0.1, -0.05) is 41.1 Å². The van der Waals surface area contributed by atoms with Gasteiger partial charge in [0, 0.05) is 6.54 Å². The second kappa shape index (κ2) is 6.49. The molecule has 0 bridgehead atoms. The number of benzene rings is 2. The number of nitrogens with one attached hydrogen (secondary N) is 1. The molecular formula is C18H18ClN3OS. The molecule has 2 N–H and O–H groups in total. The summed E-state index contributed by atoms with van der Waals surface area (Å²) in [5.74, 6) is 0.295. The van der Waals surface area contributed by atoms with Crippen molar-refractivity contribution in [2.75, 3.05) is 16.8 Å². The number of nitrogens with zero attached hydrogens (tertiary/aromatic N) is 2. The predicted molar refractivity (Wildman–Crippen MR) is 101 cm³/mol. The van der Waals surface area contributed by atoms with Crippen LogP contribution in [0.4, 0.5) is 10.8 Å². The normalized spacial score (nSPS) is 18.0. The Bertz CT molecular complexity index is 866. The Labute approximate surface area is 149 Å². The van der Waals surface area contributed by atoms with Crippen LogP contribution in [0, 0.1) is 0 Å². The number of hydrogen-bond acceptors (Lipinski definition) is 5. The Kier molecular flexibility index (Phi) is 4.21. The first kappa shape index (κ1) is 15.5. The Morgan fingerprint density at radius 2 is 2.04 bits per heavy atom. The summed E-state index contributed by atoms with van der Waals surface area (Å²) in [4.78, 5) is 7.01. The van der Waals surface area contributed by atoms with E-state index in [1.54, 1.807) is 17.4 Å². The number of phenols is 1. The van der Waals surface area contributed by atoms with Crippen LogP contribution in [0.2, 0.25) is 5.02 Å². The molecule has 2 heterocycles. The first-order valence-electron chi connectivity index (χ1n) is 8.08. The maximum atomic E-state index is 10.0. The van der Waals surface area contributed by atoms with Gasteiger partial charge in [-0.05, 0) is 43.5 Å². The molecule has 124 valence electrons. The molecule has 1 aliphatic heterocycles. The molecule has 4 nitrogen and oxygen atoms in total. The van der Waals surface area contributed by atoms with Crippen LogP contribution in [0.25, 0.3) is 10.2 Å². The third-order valence-electron chi connectivity index (χ3n) is 4.33. The van der Waals surface area contributed by atoms with Gasteiger partial charge in [0.25, 0.3) is 0 Å². The van der Waals surface area contributed by atoms with E-state index >= 15 is 0 Å². The van der Waals surface area contributed by atoms with Crippen molar-refractivity contribution < 1.29 is 5.11 Å². The van der Waals surface area contributed by atoms with Crippen molar-refractivity contribution in [3.05, 3.63) is 47.5 Å². The van der Waals surface area contributed by atoms with Crippen LogP contribution in [-0.4, -0.2) is 22.8 Å². The predicted octanol–water partition coefficient (Wildman–Crippen LogP) is 5.08. The summed E-state index contributed by atoms with van der Waals surface area (Å²) in [6.07, 6.45) is 3.51. The Hall–Kier alpha value is -1.98. The van der Waals surface area contributed by atoms with Gasteiger partial charge in [-0.25, -0.2) is 4.98 Å². The molecule has 0 aliphatic carbocycles. The lowest BCUT2D eigenvalue weighted by Crippen LogP contribution is -2.44. The van der Waals surface area contributed by atoms with E-state index in [9.17, 15) is 5.11 Å². The van der Waals surface area contributed by atoms with Gasteiger partial charge in [0.1, 0.15) is 11.9 Å². The summed E-state index contributed by atoms with van der Waals surface area (Å²) < 4.78 is 0.842. The van der Waals surface area contributed by atoms with Crippen molar-refractivity contribution in [3.63, 3.8) is 0 Å². The largest absolute Gasteiger partial charge is 0.506 e. The minimum atomic E-state index is 0.154. The number of para-hydroxylation sites is 1. The SMILES string of the molecule is Oc1cccc2nc(N3CCCCC3Nc3ccccc3Cl)sc12. The molecule has 1 aliphatic rings. The average Bonchev–Trinajstić information content (AvgIpc) is 3.03. The highest BCUT2D eigenvalue weighted by Crippen LogP contribution is 2.37. The molecule has 1 fully saturated rings. The Morgan fingerprint density at radius 3 is 2.88 bits per heavy atom. The Morgan fingerprint density at radius 1 is 1.17 bits per heavy atom. The fourth-order valence-corrected chi connectivity index (χ4v) is 4.36. The van der Waals surface area contributed by atoms with E-state index in [1.807, 2.05) is 36.4 Å². The maximum Gasteiger partial charge on any atom is 0.188 e. The number of hydrogen-bond donors (Lipinski definition) is 2. The highest BCUT2D eigenvalue weighted by molar-refractivity contribution is 7.22. The standard InChI is InChI=1S/C18H18ClN3OS/c19-12-6-1-2-7-13(12)20-16-10-3-4-11-22(16)18-21-14-8-5-9-15(23)17(14)24-18/h1-2,5-9,16,20,23H,3-4,10-11H2. The smallest absolute Gasteiger partial charge is 0.188 e. The molecule has 6 heteroatoms. The number of rotatable bonds is 3. The lowest BCUT2D eigenvalue weighted by Gasteiger charge is -2.36. The summed E-state index contributed by atoms with van der Waals surface area (Å²) in [6.45, 7) is 0.947. The van der Waals surface area contributed by atoms with E-state index in [1.165, 1.54) is 6.42 Å². The quantitative estimate of drug-likeness (QED) is 0.684. The first-order valence-corrected chi connectivity index (χ1v) is 9.28. The molecule has 24 heavy (non-hydrogen) atoms. The lowest BCUT2D eigenvalue weighted by atomic mass is 10.1. The van der Waals surface area contributed by atoms with Crippen LogP contribution in [0.15, 0.2) is 42.5 Å². The van der Waals surface area contributed by atoms with Crippen molar-refractivity contribution in [2.45, 2.75) is 25.4 Å². The minimum Gasteiger partial charge on any atom is -0.506 e. The summed E-state index contributed by atoms with van der Waals surface area (Å²) in [5.41, 5.74) is 1.79. The molecule has 1 saturated heterocycles. The Balaban J connectivity index is 1.66. The molecule has 1 aromatic heterocycles. The van der Waals surface area contributed by atoms with Crippen molar-refractivity contribution in [2.24, 2.45) is 0 Å². The number of fused-ring (bicyclic) bond motifs is 1. The summed E-state index contributed by atoms with van der Waals surface area (Å²) in [5, 5.41) is 15.3. The zero-order valence-corrected chi connectivity index (χ0v) is 14.6. The maximum absolute atomic E-state index is 10.0. The van der Waals surface area contributed by atoms with E-state index in [-0.39, 0.29) is 6.17 Å². The zero-order valence-electron chi connectivity index (χ0n) is 13.1. The zero-order chi connectivity index (χ0) is 16.5. The molecule has 0 radical (unpaired) electrons. The number of halogens is 1. The molecule has 4 rings (SSSR count). The second-order valence-corrected chi connectivity index (χ2v) is 7.34. The summed E-state index contributed by atoms with van der Waals surface area (Å²) >= 11 is 7.84. The highest BCUT2D eigenvalue weighted by Gasteiger charge is 2.26. The number of anilines is 2. The van der Waals surface area contributed by atoms with Crippen LogP contribution in [0.1, 0.15) is 19.3 Å². The topological polar surface area (TPSA) is 48.4 Å². The molecule has 2 aromatic carbocycles. The average molecular weight is 360 g/mol. The van der Waals surface area contributed by atoms with Gasteiger partial charge < -0.3 is 15.3 Å². The number of aromatic hydroxyl groups is 1. The van der Waals surface area contributed by atoms with E-state index in [2.05, 4.69) is 10.2 Å². The number of thiazole rings is 1. The minimum absolute atomic E-state index is 0.154. The van der Waals surface area contributed by atoms with Crippen LogP contribution in [0.5, 0.6) is 5.75 Å². The molecular weight excluding hydrogens is 342 g/mol. The van der Waals surface area contributed by atoms with Crippen molar-refractivity contribution >= 4 is 44.0 Å². The van der Waals surface area contributed by atoms with Gasteiger partial charge in [0.15, 0.2) is 5.13 Å². The van der Waals surface area contributed by atoms with Crippen molar-refractivity contribution in [3.8, 4) is 5.75 Å². The summed E-state index contributed by atoms with van der Waals surface area (Å²) in [7, 11) is 0. The van der Waals surface area contributed by atoms with E-state index in [4.69, 9.17) is 16.6 Å². The highest BCUT2D eigenvalue weighted by atomic mass is 35.5. The second-order valence-electron chi connectivity index (χ2n) is 5.95. The van der Waals surface area contributed by atoms with Crippen LogP contribution in [0.3, 0.4) is 0 Å². The van der Waals surface area contributed by atoms with Gasteiger partial charge in [-0.2, -0.15) is 0 Å². The van der Waals surface area contributed by atoms with Crippen LogP contribution in [-0.2, 0) is 0 Å². The van der Waals surface area contributed by atoms with E-state index < -0.39 is 0 Å². The van der Waals surface area contributed by atoms with Crippen molar-refractivity contribution in [1.29, 1.82) is 0 Å². The molecule has 3 aromatic rings. The number of phenolic OH excluding ortho intramolecular Hbond substituents is 1. The molecule has 1 atom stereocenters. The van der Waals surface area contributed by atoms with E-state index in [0.717, 1.165) is 45.4 Å². The molecule has 0 saturated carbocycles. The third kappa shape index (κ3) is 2.89. The fraction of sp³-hybridized carbons (Fsp3) is 0.278. The molecule has 0 amide bonds.